The van der Waals surface area contributed by atoms with E-state index in [4.69, 9.17) is 15.7 Å². The SMILES string of the molecule is Cc1ccc(-c2nc([C@@H]3CCCN3C(=N)N)no2)cc1. The zero-order valence-corrected chi connectivity index (χ0v) is 11.3. The Morgan fingerprint density at radius 1 is 1.40 bits per heavy atom. The quantitative estimate of drug-likeness (QED) is 0.644. The van der Waals surface area contributed by atoms with Crippen LogP contribution in [0.2, 0.25) is 0 Å². The van der Waals surface area contributed by atoms with Crippen LogP contribution < -0.4 is 5.73 Å². The highest BCUT2D eigenvalue weighted by Crippen LogP contribution is 2.30. The van der Waals surface area contributed by atoms with Crippen molar-refractivity contribution in [1.29, 1.82) is 5.41 Å². The van der Waals surface area contributed by atoms with E-state index >= 15 is 0 Å². The Morgan fingerprint density at radius 3 is 2.85 bits per heavy atom. The van der Waals surface area contributed by atoms with Gasteiger partial charge in [0.1, 0.15) is 0 Å². The molecule has 2 aromatic rings. The first-order valence-corrected chi connectivity index (χ1v) is 6.66. The monoisotopic (exact) mass is 271 g/mol. The predicted octanol–water partition coefficient (Wildman–Crippen LogP) is 2.08. The molecule has 1 saturated heterocycles. The molecule has 1 fully saturated rings. The van der Waals surface area contributed by atoms with Gasteiger partial charge in [-0.3, -0.25) is 5.41 Å². The number of likely N-dealkylation sites (tertiary alicyclic amines) is 1. The van der Waals surface area contributed by atoms with Crippen molar-refractivity contribution >= 4 is 5.96 Å². The molecule has 0 unspecified atom stereocenters. The van der Waals surface area contributed by atoms with Gasteiger partial charge in [0.15, 0.2) is 11.8 Å². The fourth-order valence-corrected chi connectivity index (χ4v) is 2.51. The summed E-state index contributed by atoms with van der Waals surface area (Å²) in [5.74, 6) is 1.18. The van der Waals surface area contributed by atoms with Crippen molar-refractivity contribution in [2.75, 3.05) is 6.54 Å². The van der Waals surface area contributed by atoms with E-state index < -0.39 is 0 Å². The minimum atomic E-state index is -0.0459. The number of aromatic nitrogens is 2. The Balaban J connectivity index is 1.86. The van der Waals surface area contributed by atoms with Gasteiger partial charge >= 0.3 is 0 Å². The Labute approximate surface area is 117 Å². The molecule has 0 radical (unpaired) electrons. The number of benzene rings is 1. The minimum absolute atomic E-state index is 0.0459. The second kappa shape index (κ2) is 4.96. The van der Waals surface area contributed by atoms with E-state index in [9.17, 15) is 0 Å². The Morgan fingerprint density at radius 2 is 2.15 bits per heavy atom. The summed E-state index contributed by atoms with van der Waals surface area (Å²) in [6.07, 6.45) is 1.88. The molecule has 0 saturated carbocycles. The van der Waals surface area contributed by atoms with Crippen molar-refractivity contribution in [2.24, 2.45) is 5.73 Å². The lowest BCUT2D eigenvalue weighted by Gasteiger charge is -2.21. The molecule has 2 heterocycles. The van der Waals surface area contributed by atoms with Crippen molar-refractivity contribution in [2.45, 2.75) is 25.8 Å². The molecular weight excluding hydrogens is 254 g/mol. The number of hydrogen-bond acceptors (Lipinski definition) is 4. The van der Waals surface area contributed by atoms with Crippen LogP contribution in [0, 0.1) is 12.3 Å². The summed E-state index contributed by atoms with van der Waals surface area (Å²) < 4.78 is 5.33. The van der Waals surface area contributed by atoms with Crippen molar-refractivity contribution in [3.8, 4) is 11.5 Å². The summed E-state index contributed by atoms with van der Waals surface area (Å²) in [6.45, 7) is 2.81. The number of hydrogen-bond donors (Lipinski definition) is 2. The van der Waals surface area contributed by atoms with Crippen LogP contribution in [0.25, 0.3) is 11.5 Å². The van der Waals surface area contributed by atoms with Crippen LogP contribution >= 0.6 is 0 Å². The Bertz CT molecular complexity index is 619. The lowest BCUT2D eigenvalue weighted by Crippen LogP contribution is -2.36. The molecule has 1 aliphatic heterocycles. The summed E-state index contributed by atoms with van der Waals surface area (Å²) in [5.41, 5.74) is 7.67. The molecule has 0 aliphatic carbocycles. The summed E-state index contributed by atoms with van der Waals surface area (Å²) in [5, 5.41) is 11.6. The van der Waals surface area contributed by atoms with Gasteiger partial charge in [-0.1, -0.05) is 22.9 Å². The molecule has 1 aromatic carbocycles. The fourth-order valence-electron chi connectivity index (χ4n) is 2.51. The fraction of sp³-hybridized carbons (Fsp3) is 0.357. The maximum absolute atomic E-state index is 7.58. The summed E-state index contributed by atoms with van der Waals surface area (Å²) >= 11 is 0. The predicted molar refractivity (Wildman–Crippen MR) is 75.1 cm³/mol. The first-order chi connectivity index (χ1) is 9.65. The minimum Gasteiger partial charge on any atom is -0.370 e. The van der Waals surface area contributed by atoms with E-state index in [2.05, 4.69) is 10.1 Å². The molecule has 104 valence electrons. The zero-order valence-electron chi connectivity index (χ0n) is 11.3. The lowest BCUT2D eigenvalue weighted by atomic mass is 10.1. The van der Waals surface area contributed by atoms with Crippen LogP contribution in [0.1, 0.15) is 30.3 Å². The maximum Gasteiger partial charge on any atom is 0.257 e. The molecule has 3 N–H and O–H groups in total. The highest BCUT2D eigenvalue weighted by Gasteiger charge is 2.31. The smallest absolute Gasteiger partial charge is 0.257 e. The van der Waals surface area contributed by atoms with Gasteiger partial charge in [-0.05, 0) is 31.9 Å². The van der Waals surface area contributed by atoms with E-state index in [1.807, 2.05) is 36.1 Å². The van der Waals surface area contributed by atoms with E-state index in [-0.39, 0.29) is 12.0 Å². The van der Waals surface area contributed by atoms with Gasteiger partial charge < -0.3 is 15.2 Å². The zero-order chi connectivity index (χ0) is 14.1. The van der Waals surface area contributed by atoms with Crippen LogP contribution in [0.15, 0.2) is 28.8 Å². The Kier molecular flexibility index (Phi) is 3.14. The number of nitrogens with one attached hydrogen (secondary N) is 1. The second-order valence-electron chi connectivity index (χ2n) is 5.06. The van der Waals surface area contributed by atoms with Gasteiger partial charge in [0.2, 0.25) is 0 Å². The van der Waals surface area contributed by atoms with Crippen LogP contribution in [-0.2, 0) is 0 Å². The lowest BCUT2D eigenvalue weighted by molar-refractivity contribution is 0.352. The van der Waals surface area contributed by atoms with Crippen LogP contribution in [0.3, 0.4) is 0 Å². The van der Waals surface area contributed by atoms with Crippen molar-refractivity contribution in [3.05, 3.63) is 35.7 Å². The number of nitrogens with two attached hydrogens (primary N) is 1. The molecule has 0 bridgehead atoms. The number of nitrogens with zero attached hydrogens (tertiary/aromatic N) is 3. The normalized spacial score (nSPS) is 18.4. The van der Waals surface area contributed by atoms with Gasteiger partial charge in [0.05, 0.1) is 6.04 Å². The third-order valence-corrected chi connectivity index (χ3v) is 3.60. The number of aryl methyl sites for hydroxylation is 1. The average molecular weight is 271 g/mol. The standard InChI is InChI=1S/C14H17N5O/c1-9-4-6-10(7-5-9)13-17-12(18-20-13)11-3-2-8-19(11)14(15)16/h4-7,11H,2-3,8H2,1H3,(H3,15,16)/t11-/m0/s1. The molecule has 1 atom stereocenters. The molecule has 1 aliphatic rings. The van der Waals surface area contributed by atoms with Gasteiger partial charge in [-0.2, -0.15) is 4.98 Å². The van der Waals surface area contributed by atoms with Gasteiger partial charge in [0.25, 0.3) is 5.89 Å². The molecule has 20 heavy (non-hydrogen) atoms. The van der Waals surface area contributed by atoms with Gasteiger partial charge in [0, 0.05) is 12.1 Å². The van der Waals surface area contributed by atoms with Crippen molar-refractivity contribution in [1.82, 2.24) is 15.0 Å². The second-order valence-corrected chi connectivity index (χ2v) is 5.06. The van der Waals surface area contributed by atoms with Crippen LogP contribution in [-0.4, -0.2) is 27.5 Å². The summed E-state index contributed by atoms with van der Waals surface area (Å²) in [6, 6.07) is 7.90. The summed E-state index contributed by atoms with van der Waals surface area (Å²) in [7, 11) is 0. The first kappa shape index (κ1) is 12.7. The van der Waals surface area contributed by atoms with Crippen LogP contribution in [0.5, 0.6) is 0 Å². The third-order valence-electron chi connectivity index (χ3n) is 3.60. The average Bonchev–Trinajstić information content (AvgIpc) is 3.08. The van der Waals surface area contributed by atoms with E-state index in [0.29, 0.717) is 11.7 Å². The van der Waals surface area contributed by atoms with Gasteiger partial charge in [-0.25, -0.2) is 0 Å². The molecule has 3 rings (SSSR count). The highest BCUT2D eigenvalue weighted by molar-refractivity contribution is 5.75. The molecular formula is C14H17N5O. The van der Waals surface area contributed by atoms with E-state index in [1.165, 1.54) is 5.56 Å². The largest absolute Gasteiger partial charge is 0.370 e. The number of guanidine groups is 1. The third kappa shape index (κ3) is 2.24. The van der Waals surface area contributed by atoms with E-state index in [0.717, 1.165) is 24.9 Å². The topological polar surface area (TPSA) is 92.0 Å². The van der Waals surface area contributed by atoms with Crippen LogP contribution in [0.4, 0.5) is 0 Å². The highest BCUT2D eigenvalue weighted by atomic mass is 16.5. The Hall–Kier alpha value is -2.37. The maximum atomic E-state index is 7.58. The van der Waals surface area contributed by atoms with Crippen molar-refractivity contribution < 1.29 is 4.52 Å². The number of rotatable bonds is 2. The first-order valence-electron chi connectivity index (χ1n) is 6.66. The molecule has 0 spiro atoms. The van der Waals surface area contributed by atoms with Gasteiger partial charge in [-0.15, -0.1) is 0 Å². The molecule has 6 nitrogen and oxygen atoms in total. The van der Waals surface area contributed by atoms with Crippen molar-refractivity contribution in [3.63, 3.8) is 0 Å². The summed E-state index contributed by atoms with van der Waals surface area (Å²) in [4.78, 5) is 6.26. The molecule has 6 heteroatoms. The molecule has 1 aromatic heterocycles. The van der Waals surface area contributed by atoms with E-state index in [1.54, 1.807) is 0 Å². The molecule has 0 amide bonds.